The fourth-order valence-electron chi connectivity index (χ4n) is 2.27. The quantitative estimate of drug-likeness (QED) is 0.790. The minimum absolute atomic E-state index is 0.0952. The van der Waals surface area contributed by atoms with E-state index in [1.54, 1.807) is 12.3 Å². The zero-order valence-electron chi connectivity index (χ0n) is 10.7. The fraction of sp³-hybridized carbons (Fsp3) is 0.538. The van der Waals surface area contributed by atoms with Gasteiger partial charge in [-0.15, -0.1) is 0 Å². The van der Waals surface area contributed by atoms with Gasteiger partial charge in [0.2, 0.25) is 5.91 Å². The van der Waals surface area contributed by atoms with Crippen molar-refractivity contribution in [2.75, 3.05) is 18.4 Å². The minimum atomic E-state index is -0.279. The summed E-state index contributed by atoms with van der Waals surface area (Å²) in [4.78, 5) is 25.9. The number of H-pyrrole nitrogens is 1. The average Bonchev–Trinajstić information content (AvgIpc) is 2.42. The molecule has 0 radical (unpaired) electrons. The van der Waals surface area contributed by atoms with Gasteiger partial charge < -0.3 is 15.6 Å². The molecule has 0 aromatic carbocycles. The highest BCUT2D eigenvalue weighted by atomic mass is 79.9. The van der Waals surface area contributed by atoms with Gasteiger partial charge in [-0.1, -0.05) is 0 Å². The number of nitrogens with one attached hydrogen (secondary N) is 3. The number of pyridine rings is 1. The lowest BCUT2D eigenvalue weighted by atomic mass is 9.93. The van der Waals surface area contributed by atoms with Crippen LogP contribution in [0.15, 0.2) is 21.5 Å². The molecule has 6 heteroatoms. The number of aromatic nitrogens is 1. The lowest BCUT2D eigenvalue weighted by Gasteiger charge is -2.22. The highest BCUT2D eigenvalue weighted by molar-refractivity contribution is 9.10. The summed E-state index contributed by atoms with van der Waals surface area (Å²) in [5.41, 5.74) is 0.0168. The van der Waals surface area contributed by atoms with E-state index >= 15 is 0 Å². The molecule has 0 saturated carbocycles. The van der Waals surface area contributed by atoms with Crippen molar-refractivity contribution in [2.24, 2.45) is 5.92 Å². The van der Waals surface area contributed by atoms with Crippen LogP contribution in [0.5, 0.6) is 0 Å². The normalized spacial score (nSPS) is 16.3. The van der Waals surface area contributed by atoms with Crippen molar-refractivity contribution >= 4 is 27.5 Å². The second-order valence-corrected chi connectivity index (χ2v) is 5.76. The summed E-state index contributed by atoms with van der Waals surface area (Å²) in [7, 11) is 0. The first-order valence-electron chi connectivity index (χ1n) is 6.54. The first kappa shape index (κ1) is 14.3. The molecule has 19 heavy (non-hydrogen) atoms. The van der Waals surface area contributed by atoms with Crippen LogP contribution in [0.3, 0.4) is 0 Å². The molecule has 5 nitrogen and oxygen atoms in total. The van der Waals surface area contributed by atoms with Crippen molar-refractivity contribution in [3.8, 4) is 0 Å². The fourth-order valence-corrected chi connectivity index (χ4v) is 2.61. The van der Waals surface area contributed by atoms with E-state index in [2.05, 4.69) is 31.5 Å². The van der Waals surface area contributed by atoms with Gasteiger partial charge >= 0.3 is 0 Å². The third-order valence-corrected chi connectivity index (χ3v) is 3.84. The maximum Gasteiger partial charge on any atom is 0.271 e. The Hall–Kier alpha value is -1.14. The third kappa shape index (κ3) is 4.47. The first-order valence-corrected chi connectivity index (χ1v) is 7.33. The molecule has 0 aliphatic carbocycles. The van der Waals surface area contributed by atoms with Crippen LogP contribution in [0.25, 0.3) is 0 Å². The maximum absolute atomic E-state index is 11.8. The molecule has 1 saturated heterocycles. The Labute approximate surface area is 120 Å². The van der Waals surface area contributed by atoms with Crippen LogP contribution in [0.4, 0.5) is 5.69 Å². The summed E-state index contributed by atoms with van der Waals surface area (Å²) in [6.45, 7) is 2.08. The lowest BCUT2D eigenvalue weighted by molar-refractivity contribution is -0.116. The summed E-state index contributed by atoms with van der Waals surface area (Å²) in [5.74, 6) is 0.523. The molecule has 1 aliphatic rings. The van der Waals surface area contributed by atoms with E-state index < -0.39 is 0 Å². The van der Waals surface area contributed by atoms with Crippen molar-refractivity contribution in [1.82, 2.24) is 10.3 Å². The SMILES string of the molecule is O=C(CCC1CCNCC1)Nc1cc(Br)c[nH]c1=O. The van der Waals surface area contributed by atoms with E-state index in [9.17, 15) is 9.59 Å². The molecule has 1 amide bonds. The first-order chi connectivity index (χ1) is 9.15. The Kier molecular flexibility index (Phi) is 5.15. The molecule has 0 unspecified atom stereocenters. The van der Waals surface area contributed by atoms with Gasteiger partial charge in [0.1, 0.15) is 5.69 Å². The molecular formula is C13H18BrN3O2. The summed E-state index contributed by atoms with van der Waals surface area (Å²) < 4.78 is 0.737. The molecule has 1 aromatic rings. The predicted molar refractivity (Wildman–Crippen MR) is 78.2 cm³/mol. The summed E-state index contributed by atoms with van der Waals surface area (Å²) >= 11 is 3.26. The molecule has 2 heterocycles. The van der Waals surface area contributed by atoms with E-state index in [1.165, 1.54) is 0 Å². The van der Waals surface area contributed by atoms with Gasteiger partial charge in [0.25, 0.3) is 5.56 Å². The monoisotopic (exact) mass is 327 g/mol. The zero-order chi connectivity index (χ0) is 13.7. The van der Waals surface area contributed by atoms with E-state index in [0.29, 0.717) is 18.0 Å². The maximum atomic E-state index is 11.8. The lowest BCUT2D eigenvalue weighted by Crippen LogP contribution is -2.28. The molecule has 0 bridgehead atoms. The standard InChI is InChI=1S/C13H18BrN3O2/c14-10-7-11(13(19)16-8-10)17-12(18)2-1-9-3-5-15-6-4-9/h7-9,15H,1-6H2,(H,16,19)(H,17,18). The van der Waals surface area contributed by atoms with Crippen molar-refractivity contribution in [1.29, 1.82) is 0 Å². The molecule has 1 fully saturated rings. The zero-order valence-corrected chi connectivity index (χ0v) is 12.3. The number of rotatable bonds is 4. The van der Waals surface area contributed by atoms with Gasteiger partial charge in [-0.05, 0) is 60.3 Å². The molecule has 0 spiro atoms. The number of amides is 1. The second kappa shape index (κ2) is 6.86. The van der Waals surface area contributed by atoms with Gasteiger partial charge in [-0.3, -0.25) is 9.59 Å². The topological polar surface area (TPSA) is 74.0 Å². The van der Waals surface area contributed by atoms with Crippen molar-refractivity contribution < 1.29 is 4.79 Å². The van der Waals surface area contributed by atoms with Crippen LogP contribution < -0.4 is 16.2 Å². The van der Waals surface area contributed by atoms with Crippen LogP contribution in [0.1, 0.15) is 25.7 Å². The number of anilines is 1. The number of hydrogen-bond acceptors (Lipinski definition) is 3. The van der Waals surface area contributed by atoms with Gasteiger partial charge in [0, 0.05) is 17.1 Å². The molecule has 104 valence electrons. The van der Waals surface area contributed by atoms with Crippen LogP contribution in [-0.2, 0) is 4.79 Å². The third-order valence-electron chi connectivity index (χ3n) is 3.38. The average molecular weight is 328 g/mol. The Morgan fingerprint density at radius 3 is 2.89 bits per heavy atom. The minimum Gasteiger partial charge on any atom is -0.326 e. The van der Waals surface area contributed by atoms with Gasteiger partial charge in [-0.2, -0.15) is 0 Å². The van der Waals surface area contributed by atoms with Crippen LogP contribution in [0.2, 0.25) is 0 Å². The summed E-state index contributed by atoms with van der Waals surface area (Å²) in [6.07, 6.45) is 5.17. The number of carbonyl (C=O) groups excluding carboxylic acids is 1. The van der Waals surface area contributed by atoms with E-state index in [0.717, 1.165) is 36.8 Å². The number of hydrogen-bond donors (Lipinski definition) is 3. The Morgan fingerprint density at radius 2 is 2.16 bits per heavy atom. The molecule has 0 atom stereocenters. The van der Waals surface area contributed by atoms with Crippen molar-refractivity contribution in [3.63, 3.8) is 0 Å². The van der Waals surface area contributed by atoms with Crippen LogP contribution in [-0.4, -0.2) is 24.0 Å². The predicted octanol–water partition coefficient (Wildman–Crippen LogP) is 1.86. The molecule has 3 N–H and O–H groups in total. The molecular weight excluding hydrogens is 310 g/mol. The molecule has 1 aromatic heterocycles. The van der Waals surface area contributed by atoms with E-state index in [-0.39, 0.29) is 11.5 Å². The van der Waals surface area contributed by atoms with Gasteiger partial charge in [0.15, 0.2) is 0 Å². The largest absolute Gasteiger partial charge is 0.326 e. The molecule has 2 rings (SSSR count). The van der Waals surface area contributed by atoms with Gasteiger partial charge in [0.05, 0.1) is 0 Å². The Bertz CT molecular complexity index is 495. The van der Waals surface area contributed by atoms with Crippen LogP contribution >= 0.6 is 15.9 Å². The highest BCUT2D eigenvalue weighted by Crippen LogP contribution is 2.18. The van der Waals surface area contributed by atoms with Crippen LogP contribution in [0, 0.1) is 5.92 Å². The van der Waals surface area contributed by atoms with Crippen molar-refractivity contribution in [3.05, 3.63) is 27.1 Å². The summed E-state index contributed by atoms with van der Waals surface area (Å²) in [6, 6.07) is 1.61. The second-order valence-electron chi connectivity index (χ2n) is 4.84. The van der Waals surface area contributed by atoms with E-state index in [1.807, 2.05) is 0 Å². The van der Waals surface area contributed by atoms with E-state index in [4.69, 9.17) is 0 Å². The van der Waals surface area contributed by atoms with Crippen molar-refractivity contribution in [2.45, 2.75) is 25.7 Å². The number of halogens is 1. The number of aromatic amines is 1. The Morgan fingerprint density at radius 1 is 1.42 bits per heavy atom. The number of carbonyl (C=O) groups is 1. The number of piperidine rings is 1. The molecule has 1 aliphatic heterocycles. The highest BCUT2D eigenvalue weighted by Gasteiger charge is 2.15. The van der Waals surface area contributed by atoms with Gasteiger partial charge in [-0.25, -0.2) is 0 Å². The smallest absolute Gasteiger partial charge is 0.271 e. The summed E-state index contributed by atoms with van der Waals surface area (Å²) in [5, 5.41) is 5.97. The Balaban J connectivity index is 1.83.